The molecule has 0 radical (unpaired) electrons. The highest BCUT2D eigenvalue weighted by atomic mass is 16.6. The van der Waals surface area contributed by atoms with Gasteiger partial charge < -0.3 is 15.0 Å². The molecule has 20 heavy (non-hydrogen) atoms. The fourth-order valence-electron chi connectivity index (χ4n) is 3.21. The molecule has 0 spiro atoms. The van der Waals surface area contributed by atoms with Gasteiger partial charge in [-0.2, -0.15) is 0 Å². The molecule has 0 bridgehead atoms. The smallest absolute Gasteiger partial charge is 0.410 e. The van der Waals surface area contributed by atoms with Gasteiger partial charge in [0, 0.05) is 25.2 Å². The van der Waals surface area contributed by atoms with Gasteiger partial charge in [0.2, 0.25) is 0 Å². The standard InChI is InChI=1S/C16H30N2O2/c1-5-12-7-6-8-13(9-12)17-14-10-18(11-14)15(19)20-16(2,3)4/h12-14,17H,5-11H2,1-4H3. The second-order valence-corrected chi connectivity index (χ2v) is 7.39. The Hall–Kier alpha value is -0.770. The number of amides is 1. The highest BCUT2D eigenvalue weighted by Crippen LogP contribution is 2.27. The van der Waals surface area contributed by atoms with E-state index in [2.05, 4.69) is 12.2 Å². The number of ether oxygens (including phenoxy) is 1. The summed E-state index contributed by atoms with van der Waals surface area (Å²) in [4.78, 5) is 13.6. The lowest BCUT2D eigenvalue weighted by atomic mass is 9.83. The van der Waals surface area contributed by atoms with Crippen molar-refractivity contribution in [2.24, 2.45) is 5.92 Å². The number of hydrogen-bond acceptors (Lipinski definition) is 3. The first-order valence-corrected chi connectivity index (χ1v) is 8.11. The van der Waals surface area contributed by atoms with Crippen molar-refractivity contribution < 1.29 is 9.53 Å². The summed E-state index contributed by atoms with van der Waals surface area (Å²) in [5, 5.41) is 3.72. The van der Waals surface area contributed by atoms with Gasteiger partial charge in [-0.25, -0.2) is 4.79 Å². The van der Waals surface area contributed by atoms with Crippen molar-refractivity contribution in [2.45, 2.75) is 77.5 Å². The minimum absolute atomic E-state index is 0.175. The Morgan fingerprint density at radius 2 is 1.95 bits per heavy atom. The van der Waals surface area contributed by atoms with Gasteiger partial charge in [0.15, 0.2) is 0 Å². The Morgan fingerprint density at radius 3 is 2.55 bits per heavy atom. The number of rotatable bonds is 3. The van der Waals surface area contributed by atoms with E-state index in [-0.39, 0.29) is 6.09 Å². The summed E-state index contributed by atoms with van der Waals surface area (Å²) in [6, 6.07) is 1.11. The van der Waals surface area contributed by atoms with E-state index in [1.165, 1.54) is 32.1 Å². The zero-order chi connectivity index (χ0) is 14.8. The molecule has 4 nitrogen and oxygen atoms in total. The Labute approximate surface area is 123 Å². The summed E-state index contributed by atoms with van der Waals surface area (Å²) in [6.45, 7) is 9.61. The average molecular weight is 282 g/mol. The number of nitrogens with one attached hydrogen (secondary N) is 1. The molecule has 0 aromatic rings. The van der Waals surface area contributed by atoms with Crippen LogP contribution in [0, 0.1) is 5.92 Å². The Morgan fingerprint density at radius 1 is 1.25 bits per heavy atom. The summed E-state index contributed by atoms with van der Waals surface area (Å²) >= 11 is 0. The fourth-order valence-corrected chi connectivity index (χ4v) is 3.21. The van der Waals surface area contributed by atoms with E-state index >= 15 is 0 Å². The summed E-state index contributed by atoms with van der Waals surface area (Å²) in [6.07, 6.45) is 6.46. The van der Waals surface area contributed by atoms with Gasteiger partial charge in [0.1, 0.15) is 5.60 Å². The Bertz CT molecular complexity index is 332. The molecule has 1 aliphatic carbocycles. The van der Waals surface area contributed by atoms with Gasteiger partial charge in [-0.1, -0.05) is 26.2 Å². The molecule has 2 atom stereocenters. The van der Waals surface area contributed by atoms with Crippen molar-refractivity contribution in [1.82, 2.24) is 10.2 Å². The molecule has 1 saturated heterocycles. The van der Waals surface area contributed by atoms with Crippen LogP contribution in [0.1, 0.15) is 59.8 Å². The molecule has 2 rings (SSSR count). The number of carbonyl (C=O) groups excluding carboxylic acids is 1. The van der Waals surface area contributed by atoms with Crippen LogP contribution in [0.5, 0.6) is 0 Å². The molecular weight excluding hydrogens is 252 g/mol. The van der Waals surface area contributed by atoms with Gasteiger partial charge in [0.05, 0.1) is 0 Å². The Balaban J connectivity index is 1.67. The van der Waals surface area contributed by atoms with Crippen LogP contribution in [0.2, 0.25) is 0 Å². The van der Waals surface area contributed by atoms with Crippen molar-refractivity contribution in [3.8, 4) is 0 Å². The van der Waals surface area contributed by atoms with Crippen molar-refractivity contribution in [3.63, 3.8) is 0 Å². The van der Waals surface area contributed by atoms with E-state index in [1.807, 2.05) is 20.8 Å². The SMILES string of the molecule is CCC1CCCC(NC2CN(C(=O)OC(C)(C)C)C2)C1. The average Bonchev–Trinajstić information content (AvgIpc) is 2.31. The summed E-state index contributed by atoms with van der Waals surface area (Å²) < 4.78 is 5.37. The van der Waals surface area contributed by atoms with Crippen LogP contribution >= 0.6 is 0 Å². The summed E-state index contributed by atoms with van der Waals surface area (Å²) in [5.41, 5.74) is -0.396. The second-order valence-electron chi connectivity index (χ2n) is 7.39. The number of carbonyl (C=O) groups is 1. The van der Waals surface area contributed by atoms with E-state index in [0.717, 1.165) is 19.0 Å². The third kappa shape index (κ3) is 4.37. The molecule has 1 saturated carbocycles. The van der Waals surface area contributed by atoms with E-state index in [9.17, 15) is 4.79 Å². The lowest BCUT2D eigenvalue weighted by Crippen LogP contribution is -2.62. The lowest BCUT2D eigenvalue weighted by molar-refractivity contribution is 0.00328. The largest absolute Gasteiger partial charge is 0.444 e. The molecule has 1 aliphatic heterocycles. The maximum atomic E-state index is 11.9. The van der Waals surface area contributed by atoms with Crippen molar-refractivity contribution >= 4 is 6.09 Å². The van der Waals surface area contributed by atoms with Gasteiger partial charge in [-0.3, -0.25) is 0 Å². The van der Waals surface area contributed by atoms with E-state index in [0.29, 0.717) is 12.1 Å². The maximum absolute atomic E-state index is 11.9. The quantitative estimate of drug-likeness (QED) is 0.864. The predicted molar refractivity (Wildman–Crippen MR) is 80.8 cm³/mol. The Kier molecular flexibility index (Phi) is 4.95. The first kappa shape index (κ1) is 15.6. The molecule has 1 heterocycles. The van der Waals surface area contributed by atoms with Crippen LogP contribution in [0.3, 0.4) is 0 Å². The first-order chi connectivity index (χ1) is 9.37. The van der Waals surface area contributed by atoms with E-state index < -0.39 is 5.60 Å². The maximum Gasteiger partial charge on any atom is 0.410 e. The van der Waals surface area contributed by atoms with Crippen molar-refractivity contribution in [1.29, 1.82) is 0 Å². The minimum atomic E-state index is -0.396. The fraction of sp³-hybridized carbons (Fsp3) is 0.938. The summed E-state index contributed by atoms with van der Waals surface area (Å²) in [7, 11) is 0. The van der Waals surface area contributed by atoms with Gasteiger partial charge in [-0.15, -0.1) is 0 Å². The van der Waals surface area contributed by atoms with Crippen LogP contribution in [0.4, 0.5) is 4.79 Å². The molecule has 0 aromatic carbocycles. The number of likely N-dealkylation sites (tertiary alicyclic amines) is 1. The monoisotopic (exact) mass is 282 g/mol. The van der Waals surface area contributed by atoms with E-state index in [1.54, 1.807) is 4.90 Å². The third-order valence-electron chi connectivity index (χ3n) is 4.36. The molecule has 1 amide bonds. The predicted octanol–water partition coefficient (Wildman–Crippen LogP) is 3.16. The zero-order valence-electron chi connectivity index (χ0n) is 13.4. The molecule has 116 valence electrons. The van der Waals surface area contributed by atoms with Crippen LogP contribution in [-0.2, 0) is 4.74 Å². The number of nitrogens with zero attached hydrogens (tertiary/aromatic N) is 1. The number of hydrogen-bond donors (Lipinski definition) is 1. The molecule has 0 aromatic heterocycles. The van der Waals surface area contributed by atoms with Gasteiger partial charge >= 0.3 is 6.09 Å². The molecule has 2 unspecified atom stereocenters. The first-order valence-electron chi connectivity index (χ1n) is 8.11. The topological polar surface area (TPSA) is 41.6 Å². The molecule has 1 N–H and O–H groups in total. The zero-order valence-corrected chi connectivity index (χ0v) is 13.4. The lowest BCUT2D eigenvalue weighted by Gasteiger charge is -2.43. The third-order valence-corrected chi connectivity index (χ3v) is 4.36. The highest BCUT2D eigenvalue weighted by molar-refractivity contribution is 5.69. The van der Waals surface area contributed by atoms with Gasteiger partial charge in [-0.05, 0) is 39.5 Å². The van der Waals surface area contributed by atoms with Crippen LogP contribution in [0.15, 0.2) is 0 Å². The second kappa shape index (κ2) is 6.33. The van der Waals surface area contributed by atoms with Crippen LogP contribution in [-0.4, -0.2) is 41.8 Å². The highest BCUT2D eigenvalue weighted by Gasteiger charge is 2.35. The molecular formula is C16H30N2O2. The van der Waals surface area contributed by atoms with E-state index in [4.69, 9.17) is 4.74 Å². The molecule has 4 heteroatoms. The van der Waals surface area contributed by atoms with Gasteiger partial charge in [0.25, 0.3) is 0 Å². The normalized spacial score (nSPS) is 28.1. The van der Waals surface area contributed by atoms with Crippen LogP contribution < -0.4 is 5.32 Å². The summed E-state index contributed by atoms with van der Waals surface area (Å²) in [5.74, 6) is 0.892. The molecule has 2 aliphatic rings. The minimum Gasteiger partial charge on any atom is -0.444 e. The molecule has 2 fully saturated rings. The van der Waals surface area contributed by atoms with Crippen molar-refractivity contribution in [3.05, 3.63) is 0 Å². The van der Waals surface area contributed by atoms with Crippen molar-refractivity contribution in [2.75, 3.05) is 13.1 Å². The van der Waals surface area contributed by atoms with Crippen LogP contribution in [0.25, 0.3) is 0 Å².